The Kier molecular flexibility index (Phi) is 17.2. The van der Waals surface area contributed by atoms with Crippen molar-refractivity contribution < 1.29 is 4.79 Å². The van der Waals surface area contributed by atoms with Gasteiger partial charge in [0.15, 0.2) is 0 Å². The molecule has 4 nitrogen and oxygen atoms in total. The molecular formula is C12H29Cl2N3O. The largest absolute Gasteiger partial charge is 0.353 e. The highest BCUT2D eigenvalue weighted by molar-refractivity contribution is 5.85. The molecule has 1 atom stereocenters. The number of likely N-dealkylation sites (N-methyl/N-ethyl adjacent to an activating group) is 1. The van der Waals surface area contributed by atoms with Crippen molar-refractivity contribution >= 4 is 30.7 Å². The fraction of sp³-hybridized carbons (Fsp3) is 0.917. The van der Waals surface area contributed by atoms with Gasteiger partial charge in [0, 0.05) is 13.1 Å². The van der Waals surface area contributed by atoms with Gasteiger partial charge < -0.3 is 10.6 Å². The minimum atomic E-state index is -0.0359. The highest BCUT2D eigenvalue weighted by atomic mass is 35.5. The van der Waals surface area contributed by atoms with Crippen LogP contribution < -0.4 is 10.6 Å². The van der Waals surface area contributed by atoms with E-state index in [0.29, 0.717) is 12.5 Å². The molecule has 112 valence electrons. The maximum Gasteiger partial charge on any atom is 0.237 e. The maximum atomic E-state index is 11.9. The van der Waals surface area contributed by atoms with E-state index >= 15 is 0 Å². The normalized spacial score (nSPS) is 11.7. The third-order valence-electron chi connectivity index (χ3n) is 2.48. The molecule has 0 aromatic heterocycles. The van der Waals surface area contributed by atoms with E-state index in [0.717, 1.165) is 19.5 Å². The van der Waals surface area contributed by atoms with Gasteiger partial charge in [-0.25, -0.2) is 0 Å². The molecule has 0 saturated heterocycles. The van der Waals surface area contributed by atoms with Crippen LogP contribution in [-0.4, -0.2) is 50.6 Å². The third-order valence-corrected chi connectivity index (χ3v) is 2.48. The second-order valence-corrected chi connectivity index (χ2v) is 4.69. The van der Waals surface area contributed by atoms with Crippen molar-refractivity contribution in [3.8, 4) is 0 Å². The molecular weight excluding hydrogens is 273 g/mol. The second-order valence-electron chi connectivity index (χ2n) is 4.69. The van der Waals surface area contributed by atoms with Crippen molar-refractivity contribution in [2.75, 3.05) is 33.7 Å². The molecule has 0 fully saturated rings. The number of amides is 1. The Labute approximate surface area is 124 Å². The van der Waals surface area contributed by atoms with Crippen LogP contribution in [0.1, 0.15) is 27.2 Å². The molecule has 2 N–H and O–H groups in total. The Morgan fingerprint density at radius 1 is 1.11 bits per heavy atom. The van der Waals surface area contributed by atoms with E-state index in [1.807, 2.05) is 19.0 Å². The zero-order chi connectivity index (χ0) is 12.6. The average molecular weight is 302 g/mol. The summed E-state index contributed by atoms with van der Waals surface area (Å²) >= 11 is 0. The first kappa shape index (κ1) is 23.1. The lowest BCUT2D eigenvalue weighted by Crippen LogP contribution is -2.48. The van der Waals surface area contributed by atoms with E-state index in [1.165, 1.54) is 0 Å². The lowest BCUT2D eigenvalue weighted by molar-refractivity contribution is -0.126. The van der Waals surface area contributed by atoms with Gasteiger partial charge in [-0.3, -0.25) is 9.69 Å². The molecule has 0 radical (unpaired) electrons. The molecule has 18 heavy (non-hydrogen) atoms. The minimum Gasteiger partial charge on any atom is -0.353 e. The number of carbonyl (C=O) groups excluding carboxylic acids is 1. The van der Waals surface area contributed by atoms with Crippen LogP contribution in [0.5, 0.6) is 0 Å². The zero-order valence-electron chi connectivity index (χ0n) is 12.2. The molecule has 0 aliphatic heterocycles. The average Bonchev–Trinajstić information content (AvgIpc) is 2.16. The van der Waals surface area contributed by atoms with Crippen LogP contribution in [0.25, 0.3) is 0 Å². The van der Waals surface area contributed by atoms with E-state index in [-0.39, 0.29) is 36.8 Å². The van der Waals surface area contributed by atoms with Crippen molar-refractivity contribution in [2.45, 2.75) is 33.2 Å². The monoisotopic (exact) mass is 301 g/mol. The van der Waals surface area contributed by atoms with Gasteiger partial charge in [-0.15, -0.1) is 24.8 Å². The number of hydrogen-bond acceptors (Lipinski definition) is 3. The van der Waals surface area contributed by atoms with Gasteiger partial charge in [-0.2, -0.15) is 0 Å². The number of rotatable bonds is 8. The van der Waals surface area contributed by atoms with Gasteiger partial charge in [-0.1, -0.05) is 20.8 Å². The van der Waals surface area contributed by atoms with Gasteiger partial charge in [0.25, 0.3) is 0 Å². The van der Waals surface area contributed by atoms with Crippen LogP contribution in [-0.2, 0) is 4.79 Å². The Morgan fingerprint density at radius 2 is 1.67 bits per heavy atom. The first-order chi connectivity index (χ1) is 7.50. The van der Waals surface area contributed by atoms with Gasteiger partial charge in [0.1, 0.15) is 0 Å². The number of carbonyl (C=O) groups is 1. The standard InChI is InChI=1S/C12H27N3O.2ClH/c1-6-7-13-8-9-14-12(16)11(10(2)3)15(4)5;;/h10-11,13H,6-9H2,1-5H3,(H,14,16);2*1H. The SMILES string of the molecule is CCCNCCNC(=O)C(C(C)C)N(C)C.Cl.Cl. The highest BCUT2D eigenvalue weighted by Crippen LogP contribution is 2.06. The Morgan fingerprint density at radius 3 is 2.06 bits per heavy atom. The molecule has 6 heteroatoms. The third kappa shape index (κ3) is 9.95. The van der Waals surface area contributed by atoms with E-state index in [9.17, 15) is 4.79 Å². The summed E-state index contributed by atoms with van der Waals surface area (Å²) in [5.74, 6) is 0.455. The molecule has 1 amide bonds. The lowest BCUT2D eigenvalue weighted by Gasteiger charge is -2.26. The summed E-state index contributed by atoms with van der Waals surface area (Å²) in [6.07, 6.45) is 1.13. The van der Waals surface area contributed by atoms with E-state index in [4.69, 9.17) is 0 Å². The number of nitrogens with one attached hydrogen (secondary N) is 2. The van der Waals surface area contributed by atoms with Gasteiger partial charge in [-0.05, 0) is 33.0 Å². The van der Waals surface area contributed by atoms with E-state index in [1.54, 1.807) is 0 Å². The van der Waals surface area contributed by atoms with E-state index in [2.05, 4.69) is 31.4 Å². The van der Waals surface area contributed by atoms with Crippen LogP contribution in [0, 0.1) is 5.92 Å². The van der Waals surface area contributed by atoms with Crippen LogP contribution in [0.4, 0.5) is 0 Å². The first-order valence-electron chi connectivity index (χ1n) is 6.15. The smallest absolute Gasteiger partial charge is 0.237 e. The van der Waals surface area contributed by atoms with Crippen LogP contribution in [0.2, 0.25) is 0 Å². The van der Waals surface area contributed by atoms with Gasteiger partial charge >= 0.3 is 0 Å². The summed E-state index contributed by atoms with van der Waals surface area (Å²) in [6.45, 7) is 8.83. The fourth-order valence-corrected chi connectivity index (χ4v) is 1.81. The predicted molar refractivity (Wildman–Crippen MR) is 83.0 cm³/mol. The predicted octanol–water partition coefficient (Wildman–Crippen LogP) is 1.53. The first-order valence-corrected chi connectivity index (χ1v) is 6.15. The Bertz CT molecular complexity index is 194. The molecule has 0 heterocycles. The van der Waals surface area contributed by atoms with Crippen LogP contribution in [0.15, 0.2) is 0 Å². The lowest BCUT2D eigenvalue weighted by atomic mass is 10.0. The van der Waals surface area contributed by atoms with Crippen molar-refractivity contribution in [3.63, 3.8) is 0 Å². The van der Waals surface area contributed by atoms with Gasteiger partial charge in [0.2, 0.25) is 5.91 Å². The number of nitrogens with zero attached hydrogens (tertiary/aromatic N) is 1. The Hall–Kier alpha value is -0.0300. The minimum absolute atomic E-state index is 0. The van der Waals surface area contributed by atoms with Crippen molar-refractivity contribution in [1.29, 1.82) is 0 Å². The van der Waals surface area contributed by atoms with Crippen LogP contribution in [0.3, 0.4) is 0 Å². The maximum absolute atomic E-state index is 11.9. The Balaban J connectivity index is -0.00000112. The zero-order valence-corrected chi connectivity index (χ0v) is 13.8. The summed E-state index contributed by atoms with van der Waals surface area (Å²) in [7, 11) is 3.89. The fourth-order valence-electron chi connectivity index (χ4n) is 1.81. The highest BCUT2D eigenvalue weighted by Gasteiger charge is 2.23. The summed E-state index contributed by atoms with van der Waals surface area (Å²) in [5.41, 5.74) is 0. The molecule has 0 rings (SSSR count). The van der Waals surface area contributed by atoms with Crippen LogP contribution >= 0.6 is 24.8 Å². The second kappa shape index (κ2) is 13.4. The molecule has 0 aliphatic carbocycles. The summed E-state index contributed by atoms with van der Waals surface area (Å²) in [4.78, 5) is 13.8. The van der Waals surface area contributed by atoms with Gasteiger partial charge in [0.05, 0.1) is 6.04 Å². The van der Waals surface area contributed by atoms with Crippen molar-refractivity contribution in [3.05, 3.63) is 0 Å². The molecule has 0 spiro atoms. The summed E-state index contributed by atoms with van der Waals surface area (Å²) in [5, 5.41) is 6.22. The molecule has 0 aromatic carbocycles. The summed E-state index contributed by atoms with van der Waals surface area (Å²) < 4.78 is 0. The summed E-state index contributed by atoms with van der Waals surface area (Å²) in [6, 6.07) is -0.0359. The quantitative estimate of drug-likeness (QED) is 0.668. The molecule has 0 aliphatic rings. The number of halogens is 2. The topological polar surface area (TPSA) is 44.4 Å². The molecule has 1 unspecified atom stereocenters. The molecule has 0 saturated carbocycles. The van der Waals surface area contributed by atoms with E-state index < -0.39 is 0 Å². The van der Waals surface area contributed by atoms with Crippen molar-refractivity contribution in [2.24, 2.45) is 5.92 Å². The number of hydrogen-bond donors (Lipinski definition) is 2. The van der Waals surface area contributed by atoms with Crippen molar-refractivity contribution in [1.82, 2.24) is 15.5 Å². The molecule has 0 bridgehead atoms. The molecule has 0 aromatic rings.